The molecular weight excluding hydrogens is 523 g/mol. The number of nitriles is 1. The Hall–Kier alpha value is -4.33. The molecule has 3 aromatic rings. The number of H-pyrrole nitrogens is 1. The third kappa shape index (κ3) is 4.37. The first kappa shape index (κ1) is 27.2. The van der Waals surface area contributed by atoms with Gasteiger partial charge in [0, 0.05) is 31.1 Å². The van der Waals surface area contributed by atoms with Crippen molar-refractivity contribution in [3.63, 3.8) is 0 Å². The highest BCUT2D eigenvalue weighted by molar-refractivity contribution is 6.07. The fourth-order valence-electron chi connectivity index (χ4n) is 5.89. The van der Waals surface area contributed by atoms with Crippen LogP contribution in [0.15, 0.2) is 48.5 Å². The number of fused-ring (bicyclic) bond motifs is 3. The minimum Gasteiger partial charge on any atom is -0.350 e. The second-order valence-corrected chi connectivity index (χ2v) is 10.9. The standard InChI is InChI=1S/C29H28F3N5O3/c1-16(2)11-23(36(3)25(38)22-12-17-7-6-9-20(24(17)34-22)29(30,31)32)26(39)37-15-28(13-18(37)14-33)19-8-4-5-10-21(19)35-27(28)40/h4-10,12,16,18,23,34H,11,13,15H2,1-3H3,(H,35,40)/t18?,23-,28-/m0/s1. The number of carbonyl (C=O) groups excluding carboxylic acids is 3. The summed E-state index contributed by atoms with van der Waals surface area (Å²) in [5.41, 5.74) is -0.913. The second kappa shape index (κ2) is 9.70. The molecule has 3 heterocycles. The van der Waals surface area contributed by atoms with Crippen molar-refractivity contribution in [1.29, 1.82) is 5.26 Å². The van der Waals surface area contributed by atoms with Gasteiger partial charge in [-0.2, -0.15) is 18.4 Å². The van der Waals surface area contributed by atoms with Gasteiger partial charge >= 0.3 is 6.18 Å². The van der Waals surface area contributed by atoms with Gasteiger partial charge in [0.1, 0.15) is 17.8 Å². The van der Waals surface area contributed by atoms with Crippen LogP contribution in [0.2, 0.25) is 0 Å². The van der Waals surface area contributed by atoms with Crippen LogP contribution >= 0.6 is 0 Å². The van der Waals surface area contributed by atoms with E-state index >= 15 is 0 Å². The molecular formula is C29H28F3N5O3. The number of likely N-dealkylation sites (tertiary alicyclic amines) is 1. The lowest BCUT2D eigenvalue weighted by Crippen LogP contribution is -2.52. The van der Waals surface area contributed by atoms with Crippen LogP contribution in [0.4, 0.5) is 18.9 Å². The zero-order valence-electron chi connectivity index (χ0n) is 22.2. The van der Waals surface area contributed by atoms with E-state index < -0.39 is 41.1 Å². The van der Waals surface area contributed by atoms with Gasteiger partial charge in [0.25, 0.3) is 5.91 Å². The highest BCUT2D eigenvalue weighted by Crippen LogP contribution is 2.46. The molecule has 3 amide bonds. The molecule has 0 bridgehead atoms. The lowest BCUT2D eigenvalue weighted by Gasteiger charge is -2.33. The smallest absolute Gasteiger partial charge is 0.350 e. The molecule has 1 unspecified atom stereocenters. The summed E-state index contributed by atoms with van der Waals surface area (Å²) in [6.07, 6.45) is -4.25. The number of aromatic amines is 1. The summed E-state index contributed by atoms with van der Waals surface area (Å²) in [5, 5.41) is 13.0. The first-order valence-corrected chi connectivity index (χ1v) is 12.9. The van der Waals surface area contributed by atoms with Crippen molar-refractivity contribution in [1.82, 2.24) is 14.8 Å². The summed E-state index contributed by atoms with van der Waals surface area (Å²) < 4.78 is 40.6. The van der Waals surface area contributed by atoms with Crippen LogP contribution in [-0.4, -0.2) is 58.2 Å². The number of likely N-dealkylation sites (N-methyl/N-ethyl adjacent to an activating group) is 1. The number of hydrogen-bond donors (Lipinski definition) is 2. The van der Waals surface area contributed by atoms with Gasteiger partial charge in [0.05, 0.1) is 22.6 Å². The van der Waals surface area contributed by atoms with Gasteiger partial charge in [-0.05, 0) is 36.1 Å². The predicted molar refractivity (Wildman–Crippen MR) is 141 cm³/mol. The second-order valence-electron chi connectivity index (χ2n) is 10.9. The van der Waals surface area contributed by atoms with Crippen LogP contribution in [0.3, 0.4) is 0 Å². The average Bonchev–Trinajstić information content (AvgIpc) is 3.59. The molecule has 8 nitrogen and oxygen atoms in total. The summed E-state index contributed by atoms with van der Waals surface area (Å²) in [6.45, 7) is 3.74. The lowest BCUT2D eigenvalue weighted by molar-refractivity contribution is -0.137. The summed E-state index contributed by atoms with van der Waals surface area (Å²) in [5.74, 6) is -1.46. The van der Waals surface area contributed by atoms with Crippen molar-refractivity contribution in [2.75, 3.05) is 18.9 Å². The van der Waals surface area contributed by atoms with Crippen LogP contribution in [0.5, 0.6) is 0 Å². The molecule has 1 fully saturated rings. The number of carbonyl (C=O) groups is 3. The van der Waals surface area contributed by atoms with E-state index in [-0.39, 0.29) is 47.8 Å². The maximum absolute atomic E-state index is 14.0. The van der Waals surface area contributed by atoms with Gasteiger partial charge in [0.2, 0.25) is 11.8 Å². The Bertz CT molecular complexity index is 1560. The number of halogens is 3. The topological polar surface area (TPSA) is 109 Å². The maximum atomic E-state index is 14.0. The molecule has 0 aliphatic carbocycles. The highest BCUT2D eigenvalue weighted by Gasteiger charge is 2.56. The molecule has 3 atom stereocenters. The third-order valence-corrected chi connectivity index (χ3v) is 7.88. The van der Waals surface area contributed by atoms with Gasteiger partial charge in [-0.25, -0.2) is 0 Å². The molecule has 2 aliphatic rings. The Morgan fingerprint density at radius 2 is 1.93 bits per heavy atom. The van der Waals surface area contributed by atoms with E-state index in [0.29, 0.717) is 5.69 Å². The molecule has 2 aliphatic heterocycles. The Morgan fingerprint density at radius 1 is 1.20 bits per heavy atom. The summed E-state index contributed by atoms with van der Waals surface area (Å²) in [7, 11) is 1.42. The molecule has 1 spiro atoms. The molecule has 0 radical (unpaired) electrons. The Labute approximate surface area is 228 Å². The van der Waals surface area contributed by atoms with Gasteiger partial charge in [0.15, 0.2) is 0 Å². The number of alkyl halides is 3. The first-order chi connectivity index (χ1) is 18.9. The molecule has 1 aromatic heterocycles. The number of amides is 3. The van der Waals surface area contributed by atoms with E-state index in [1.807, 2.05) is 19.9 Å². The van der Waals surface area contributed by atoms with E-state index in [2.05, 4.69) is 16.4 Å². The summed E-state index contributed by atoms with van der Waals surface area (Å²) in [4.78, 5) is 45.9. The van der Waals surface area contributed by atoms with Crippen molar-refractivity contribution >= 4 is 34.3 Å². The van der Waals surface area contributed by atoms with Crippen LogP contribution in [0.25, 0.3) is 10.9 Å². The van der Waals surface area contributed by atoms with Crippen LogP contribution < -0.4 is 5.32 Å². The first-order valence-electron chi connectivity index (χ1n) is 12.9. The molecule has 0 saturated carbocycles. The normalized spacial score (nSPS) is 21.0. The van der Waals surface area contributed by atoms with Gasteiger partial charge < -0.3 is 20.1 Å². The van der Waals surface area contributed by atoms with E-state index in [1.165, 1.54) is 35.0 Å². The zero-order chi connectivity index (χ0) is 29.0. The number of nitrogens with zero attached hydrogens (tertiary/aromatic N) is 3. The maximum Gasteiger partial charge on any atom is 0.418 e. The minimum atomic E-state index is -4.62. The zero-order valence-corrected chi connectivity index (χ0v) is 22.2. The average molecular weight is 552 g/mol. The largest absolute Gasteiger partial charge is 0.418 e. The molecule has 11 heteroatoms. The highest BCUT2D eigenvalue weighted by atomic mass is 19.4. The number of benzene rings is 2. The molecule has 2 aromatic carbocycles. The van der Waals surface area contributed by atoms with Gasteiger partial charge in [-0.15, -0.1) is 0 Å². The van der Waals surface area contributed by atoms with E-state index in [4.69, 9.17) is 0 Å². The number of aromatic nitrogens is 1. The number of rotatable bonds is 5. The van der Waals surface area contributed by atoms with Crippen LogP contribution in [0, 0.1) is 17.2 Å². The van der Waals surface area contributed by atoms with Crippen molar-refractivity contribution in [3.05, 3.63) is 65.4 Å². The molecule has 5 rings (SSSR count). The van der Waals surface area contributed by atoms with Gasteiger partial charge in [-0.1, -0.05) is 44.2 Å². The monoisotopic (exact) mass is 551 g/mol. The van der Waals surface area contributed by atoms with Crippen molar-refractivity contribution < 1.29 is 27.6 Å². The molecule has 1 saturated heterocycles. The molecule has 2 N–H and O–H groups in total. The SMILES string of the molecule is CC(C)C[C@@H](C(=O)N1C[C@]2(CC1C#N)C(=O)Nc1ccccc12)N(C)C(=O)c1cc2cccc(C(F)(F)F)c2[nH]1. The van der Waals surface area contributed by atoms with Crippen molar-refractivity contribution in [2.45, 2.75) is 50.4 Å². The predicted octanol–water partition coefficient (Wildman–Crippen LogP) is 4.69. The number of hydrogen-bond acceptors (Lipinski definition) is 4. The van der Waals surface area contributed by atoms with Crippen LogP contribution in [-0.2, 0) is 21.2 Å². The van der Waals surface area contributed by atoms with Crippen molar-refractivity contribution in [2.24, 2.45) is 5.92 Å². The Kier molecular flexibility index (Phi) is 6.60. The van der Waals surface area contributed by atoms with E-state index in [0.717, 1.165) is 11.6 Å². The minimum absolute atomic E-state index is 0.0230. The number of nitrogens with one attached hydrogen (secondary N) is 2. The van der Waals surface area contributed by atoms with E-state index in [1.54, 1.807) is 18.2 Å². The van der Waals surface area contributed by atoms with Gasteiger partial charge in [-0.3, -0.25) is 14.4 Å². The Morgan fingerprint density at radius 3 is 2.60 bits per heavy atom. The molecule has 40 heavy (non-hydrogen) atoms. The van der Waals surface area contributed by atoms with Crippen molar-refractivity contribution in [3.8, 4) is 6.07 Å². The van der Waals surface area contributed by atoms with E-state index in [9.17, 15) is 32.8 Å². The fraction of sp³-hybridized carbons (Fsp3) is 0.379. The summed E-state index contributed by atoms with van der Waals surface area (Å²) >= 11 is 0. The number of anilines is 1. The quantitative estimate of drug-likeness (QED) is 0.480. The lowest BCUT2D eigenvalue weighted by atomic mass is 9.80. The molecule has 208 valence electrons. The fourth-order valence-corrected chi connectivity index (χ4v) is 5.89. The van der Waals surface area contributed by atoms with Crippen LogP contribution in [0.1, 0.15) is 48.3 Å². The number of para-hydroxylation sites is 2. The summed E-state index contributed by atoms with van der Waals surface area (Å²) in [6, 6.07) is 12.4. The third-order valence-electron chi connectivity index (χ3n) is 7.88. The Balaban J connectivity index is 1.47.